The van der Waals surface area contributed by atoms with Gasteiger partial charge in [-0.1, -0.05) is 66.7 Å². The summed E-state index contributed by atoms with van der Waals surface area (Å²) in [6, 6.07) is 22.8. The molecular weight excluding hydrogens is 416 g/mol. The van der Waals surface area contributed by atoms with E-state index in [1.165, 1.54) is 0 Å². The van der Waals surface area contributed by atoms with Crippen LogP contribution in [-0.4, -0.2) is 35.3 Å². The van der Waals surface area contributed by atoms with Crippen molar-refractivity contribution in [2.45, 2.75) is 32.5 Å². The van der Waals surface area contributed by atoms with E-state index in [-0.39, 0.29) is 18.9 Å². The molecule has 1 heterocycles. The Morgan fingerprint density at radius 1 is 0.848 bits per heavy atom. The molecular formula is C27H26N2O4. The van der Waals surface area contributed by atoms with Crippen LogP contribution in [0.15, 0.2) is 78.9 Å². The summed E-state index contributed by atoms with van der Waals surface area (Å²) in [6.07, 6.45) is 0.235. The molecule has 0 aliphatic carbocycles. The molecule has 0 aromatic heterocycles. The fourth-order valence-corrected chi connectivity index (χ4v) is 4.01. The lowest BCUT2D eigenvalue weighted by Crippen LogP contribution is -2.50. The molecule has 1 aliphatic heterocycles. The van der Waals surface area contributed by atoms with Crippen molar-refractivity contribution in [3.8, 4) is 0 Å². The van der Waals surface area contributed by atoms with Gasteiger partial charge in [0.1, 0.15) is 6.04 Å². The summed E-state index contributed by atoms with van der Waals surface area (Å²) in [4.78, 5) is 40.7. The number of fused-ring (bicyclic) bond motifs is 1. The van der Waals surface area contributed by atoms with Crippen LogP contribution in [0.5, 0.6) is 0 Å². The zero-order valence-electron chi connectivity index (χ0n) is 18.5. The second-order valence-electron chi connectivity index (χ2n) is 7.86. The largest absolute Gasteiger partial charge is 0.377 e. The molecule has 6 nitrogen and oxygen atoms in total. The average Bonchev–Trinajstić information content (AvgIpc) is 3.11. The molecule has 0 fully saturated rings. The van der Waals surface area contributed by atoms with Crippen molar-refractivity contribution < 1.29 is 19.1 Å². The maximum Gasteiger partial charge on any atom is 0.262 e. The minimum absolute atomic E-state index is 0.235. The van der Waals surface area contributed by atoms with Crippen molar-refractivity contribution in [2.24, 2.45) is 0 Å². The number of nitrogens with zero attached hydrogens (tertiary/aromatic N) is 1. The monoisotopic (exact) mass is 442 g/mol. The van der Waals surface area contributed by atoms with Gasteiger partial charge in [0, 0.05) is 19.6 Å². The third-order valence-corrected chi connectivity index (χ3v) is 5.74. The van der Waals surface area contributed by atoms with Crippen LogP contribution < -0.4 is 5.32 Å². The number of benzene rings is 3. The van der Waals surface area contributed by atoms with E-state index in [1.807, 2.05) is 61.5 Å². The summed E-state index contributed by atoms with van der Waals surface area (Å²) >= 11 is 0. The highest BCUT2D eigenvalue weighted by Gasteiger charge is 2.42. The van der Waals surface area contributed by atoms with Gasteiger partial charge in [0.2, 0.25) is 5.91 Å². The van der Waals surface area contributed by atoms with Gasteiger partial charge in [-0.05, 0) is 35.7 Å². The highest BCUT2D eigenvalue weighted by molar-refractivity contribution is 6.22. The number of amides is 3. The topological polar surface area (TPSA) is 75.7 Å². The highest BCUT2D eigenvalue weighted by atomic mass is 16.5. The summed E-state index contributed by atoms with van der Waals surface area (Å²) in [7, 11) is 0. The average molecular weight is 443 g/mol. The fraction of sp³-hybridized carbons (Fsp3) is 0.222. The molecule has 6 heteroatoms. The highest BCUT2D eigenvalue weighted by Crippen LogP contribution is 2.26. The Morgan fingerprint density at radius 2 is 1.42 bits per heavy atom. The Morgan fingerprint density at radius 3 is 2.06 bits per heavy atom. The summed E-state index contributed by atoms with van der Waals surface area (Å²) < 4.78 is 5.53. The molecule has 1 unspecified atom stereocenters. The van der Waals surface area contributed by atoms with Crippen LogP contribution in [0.2, 0.25) is 0 Å². The molecule has 1 aliphatic rings. The Labute approximate surface area is 193 Å². The molecule has 33 heavy (non-hydrogen) atoms. The number of hydrogen-bond donors (Lipinski definition) is 1. The first-order valence-corrected chi connectivity index (χ1v) is 11.0. The summed E-state index contributed by atoms with van der Waals surface area (Å²) in [5.74, 6) is -1.26. The van der Waals surface area contributed by atoms with Crippen molar-refractivity contribution >= 4 is 17.7 Å². The Hall–Kier alpha value is -3.77. The number of carbonyl (C=O) groups excluding carboxylic acids is 3. The molecule has 4 rings (SSSR count). The van der Waals surface area contributed by atoms with E-state index in [4.69, 9.17) is 4.74 Å². The molecule has 3 amide bonds. The van der Waals surface area contributed by atoms with E-state index >= 15 is 0 Å². The molecule has 0 spiro atoms. The van der Waals surface area contributed by atoms with Crippen LogP contribution in [0.25, 0.3) is 0 Å². The second kappa shape index (κ2) is 10.2. The van der Waals surface area contributed by atoms with Gasteiger partial charge in [-0.2, -0.15) is 0 Å². The Bertz CT molecular complexity index is 1120. The first kappa shape index (κ1) is 22.4. The first-order chi connectivity index (χ1) is 16.1. The van der Waals surface area contributed by atoms with Crippen molar-refractivity contribution in [1.82, 2.24) is 10.2 Å². The lowest BCUT2D eigenvalue weighted by Gasteiger charge is -2.26. The predicted octanol–water partition coefficient (Wildman–Crippen LogP) is 3.75. The number of hydrogen-bond acceptors (Lipinski definition) is 4. The van der Waals surface area contributed by atoms with E-state index in [1.54, 1.807) is 24.3 Å². The molecule has 0 bridgehead atoms. The summed E-state index contributed by atoms with van der Waals surface area (Å²) in [5, 5.41) is 2.94. The quantitative estimate of drug-likeness (QED) is 0.512. The zero-order valence-corrected chi connectivity index (χ0v) is 18.5. The maximum atomic E-state index is 13.4. The standard InChI is InChI=1S/C27H26N2O4/c1-2-33-18-21-13-7-6-12-20(21)17-28-25(30)24(16-19-10-4-3-5-11-19)29-26(31)22-14-8-9-15-23(22)27(29)32/h3-15,24H,2,16-18H2,1H3,(H,28,30). The smallest absolute Gasteiger partial charge is 0.262 e. The van der Waals surface area contributed by atoms with Gasteiger partial charge in [0.15, 0.2) is 0 Å². The first-order valence-electron chi connectivity index (χ1n) is 11.0. The van der Waals surface area contributed by atoms with E-state index in [2.05, 4.69) is 5.32 Å². The van der Waals surface area contributed by atoms with Crippen LogP contribution in [0.1, 0.15) is 44.3 Å². The minimum Gasteiger partial charge on any atom is -0.377 e. The molecule has 3 aromatic carbocycles. The van der Waals surface area contributed by atoms with E-state index in [0.29, 0.717) is 24.3 Å². The molecule has 168 valence electrons. The van der Waals surface area contributed by atoms with Crippen LogP contribution in [0, 0.1) is 0 Å². The van der Waals surface area contributed by atoms with Crippen molar-refractivity contribution in [1.29, 1.82) is 0 Å². The van der Waals surface area contributed by atoms with Crippen LogP contribution in [0.3, 0.4) is 0 Å². The Kier molecular flexibility index (Phi) is 6.95. The van der Waals surface area contributed by atoms with Crippen molar-refractivity contribution in [3.05, 3.63) is 107 Å². The van der Waals surface area contributed by atoms with Crippen molar-refractivity contribution in [2.75, 3.05) is 6.61 Å². The van der Waals surface area contributed by atoms with E-state index in [0.717, 1.165) is 21.6 Å². The van der Waals surface area contributed by atoms with Gasteiger partial charge in [0.05, 0.1) is 17.7 Å². The molecule has 1 atom stereocenters. The fourth-order valence-electron chi connectivity index (χ4n) is 4.01. The van der Waals surface area contributed by atoms with Gasteiger partial charge in [-0.25, -0.2) is 0 Å². The van der Waals surface area contributed by atoms with Gasteiger partial charge < -0.3 is 10.1 Å². The SMILES string of the molecule is CCOCc1ccccc1CNC(=O)C(Cc1ccccc1)N1C(=O)c2ccccc2C1=O. The van der Waals surface area contributed by atoms with Crippen molar-refractivity contribution in [3.63, 3.8) is 0 Å². The molecule has 1 N–H and O–H groups in total. The second-order valence-corrected chi connectivity index (χ2v) is 7.86. The zero-order chi connectivity index (χ0) is 23.2. The number of nitrogens with one attached hydrogen (secondary N) is 1. The number of rotatable bonds is 9. The lowest BCUT2D eigenvalue weighted by atomic mass is 10.0. The lowest BCUT2D eigenvalue weighted by molar-refractivity contribution is -0.125. The number of carbonyl (C=O) groups is 3. The third-order valence-electron chi connectivity index (χ3n) is 5.74. The molecule has 3 aromatic rings. The molecule has 0 saturated carbocycles. The van der Waals surface area contributed by atoms with Gasteiger partial charge in [-0.3, -0.25) is 19.3 Å². The summed E-state index contributed by atoms with van der Waals surface area (Å²) in [6.45, 7) is 3.26. The van der Waals surface area contributed by atoms with E-state index in [9.17, 15) is 14.4 Å². The third kappa shape index (κ3) is 4.86. The number of imide groups is 1. The van der Waals surface area contributed by atoms with E-state index < -0.39 is 17.9 Å². The molecule has 0 saturated heterocycles. The minimum atomic E-state index is -0.959. The van der Waals surface area contributed by atoms with Gasteiger partial charge in [-0.15, -0.1) is 0 Å². The van der Waals surface area contributed by atoms with Crippen LogP contribution >= 0.6 is 0 Å². The summed E-state index contributed by atoms with van der Waals surface area (Å²) in [5.41, 5.74) is 3.44. The number of ether oxygens (including phenoxy) is 1. The normalized spacial score (nSPS) is 13.7. The predicted molar refractivity (Wildman–Crippen MR) is 124 cm³/mol. The van der Waals surface area contributed by atoms with Gasteiger partial charge >= 0.3 is 0 Å². The van der Waals surface area contributed by atoms with Crippen LogP contribution in [-0.2, 0) is 29.1 Å². The van der Waals surface area contributed by atoms with Crippen LogP contribution in [0.4, 0.5) is 0 Å². The molecule has 0 radical (unpaired) electrons. The van der Waals surface area contributed by atoms with Gasteiger partial charge in [0.25, 0.3) is 11.8 Å². The maximum absolute atomic E-state index is 13.4. The Balaban J connectivity index is 1.58.